The molecular formula is C15H22ClNO. The summed E-state index contributed by atoms with van der Waals surface area (Å²) in [5, 5.41) is 3.00. The molecule has 0 aliphatic rings. The van der Waals surface area contributed by atoms with Crippen LogP contribution in [0.25, 0.3) is 0 Å². The second kappa shape index (κ2) is 6.79. The third kappa shape index (κ3) is 4.34. The summed E-state index contributed by atoms with van der Waals surface area (Å²) >= 11 is 5.75. The molecule has 0 bridgehead atoms. The lowest BCUT2D eigenvalue weighted by molar-refractivity contribution is 0.0935. The number of aryl methyl sites for hydroxylation is 1. The molecule has 100 valence electrons. The number of amides is 1. The van der Waals surface area contributed by atoms with E-state index in [0.29, 0.717) is 12.4 Å². The van der Waals surface area contributed by atoms with Crippen LogP contribution in [0.1, 0.15) is 43.1 Å². The Hall–Kier alpha value is -1.02. The van der Waals surface area contributed by atoms with Gasteiger partial charge >= 0.3 is 0 Å². The molecule has 1 amide bonds. The van der Waals surface area contributed by atoms with Crippen molar-refractivity contribution in [2.24, 2.45) is 5.41 Å². The molecule has 0 heterocycles. The average molecular weight is 268 g/mol. The summed E-state index contributed by atoms with van der Waals surface area (Å²) in [7, 11) is 0. The number of rotatable bonds is 6. The molecule has 0 saturated carbocycles. The minimum absolute atomic E-state index is 0.00935. The van der Waals surface area contributed by atoms with E-state index in [9.17, 15) is 4.79 Å². The quantitative estimate of drug-likeness (QED) is 0.784. The number of carbonyl (C=O) groups excluding carboxylic acids is 1. The summed E-state index contributed by atoms with van der Waals surface area (Å²) in [6, 6.07) is 7.74. The lowest BCUT2D eigenvalue weighted by Crippen LogP contribution is -2.34. The molecular weight excluding hydrogens is 246 g/mol. The van der Waals surface area contributed by atoms with Gasteiger partial charge in [0, 0.05) is 18.0 Å². The molecule has 0 spiro atoms. The highest BCUT2D eigenvalue weighted by Gasteiger charge is 2.19. The van der Waals surface area contributed by atoms with E-state index in [0.717, 1.165) is 24.0 Å². The largest absolute Gasteiger partial charge is 0.351 e. The zero-order chi connectivity index (χ0) is 13.6. The van der Waals surface area contributed by atoms with Crippen LogP contribution < -0.4 is 5.32 Å². The van der Waals surface area contributed by atoms with E-state index >= 15 is 0 Å². The van der Waals surface area contributed by atoms with Gasteiger partial charge < -0.3 is 5.32 Å². The summed E-state index contributed by atoms with van der Waals surface area (Å²) in [6.07, 6.45) is 1.76. The number of benzene rings is 1. The topological polar surface area (TPSA) is 29.1 Å². The van der Waals surface area contributed by atoms with Gasteiger partial charge in [-0.15, -0.1) is 11.6 Å². The highest BCUT2D eigenvalue weighted by molar-refractivity contribution is 6.17. The maximum atomic E-state index is 12.1. The number of hydrogen-bond acceptors (Lipinski definition) is 1. The Morgan fingerprint density at radius 1 is 1.33 bits per heavy atom. The first-order valence-corrected chi connectivity index (χ1v) is 6.95. The van der Waals surface area contributed by atoms with Gasteiger partial charge in [-0.1, -0.05) is 39.0 Å². The second-order valence-electron chi connectivity index (χ2n) is 5.30. The maximum absolute atomic E-state index is 12.1. The molecule has 1 rings (SSSR count). The van der Waals surface area contributed by atoms with Crippen molar-refractivity contribution >= 4 is 17.5 Å². The lowest BCUT2D eigenvalue weighted by Gasteiger charge is -2.24. The van der Waals surface area contributed by atoms with Crippen molar-refractivity contribution < 1.29 is 4.79 Å². The van der Waals surface area contributed by atoms with Gasteiger partial charge in [0.05, 0.1) is 0 Å². The van der Waals surface area contributed by atoms with Crippen molar-refractivity contribution in [2.45, 2.75) is 33.6 Å². The van der Waals surface area contributed by atoms with Gasteiger partial charge in [-0.2, -0.15) is 0 Å². The molecule has 0 radical (unpaired) electrons. The zero-order valence-corrected chi connectivity index (χ0v) is 12.2. The van der Waals surface area contributed by atoms with Crippen LogP contribution in [0.5, 0.6) is 0 Å². The lowest BCUT2D eigenvalue weighted by atomic mass is 9.90. The third-order valence-electron chi connectivity index (χ3n) is 3.14. The second-order valence-corrected chi connectivity index (χ2v) is 5.67. The van der Waals surface area contributed by atoms with E-state index in [1.54, 1.807) is 0 Å². The molecule has 1 aromatic rings. The van der Waals surface area contributed by atoms with E-state index in [2.05, 4.69) is 26.1 Å². The van der Waals surface area contributed by atoms with Gasteiger partial charge in [-0.3, -0.25) is 4.79 Å². The minimum atomic E-state index is 0.00935. The highest BCUT2D eigenvalue weighted by Crippen LogP contribution is 2.20. The zero-order valence-electron chi connectivity index (χ0n) is 11.4. The predicted octanol–water partition coefficient (Wildman–Crippen LogP) is 3.63. The number of alkyl halides is 1. The van der Waals surface area contributed by atoms with Crippen LogP contribution in [-0.4, -0.2) is 18.3 Å². The van der Waals surface area contributed by atoms with Gasteiger partial charge in [0.2, 0.25) is 0 Å². The molecule has 0 aliphatic heterocycles. The van der Waals surface area contributed by atoms with Gasteiger partial charge in [-0.25, -0.2) is 0 Å². The smallest absolute Gasteiger partial charge is 0.251 e. The van der Waals surface area contributed by atoms with Crippen LogP contribution in [0.15, 0.2) is 24.3 Å². The van der Waals surface area contributed by atoms with Gasteiger partial charge in [-0.05, 0) is 29.9 Å². The van der Waals surface area contributed by atoms with E-state index in [1.165, 1.54) is 0 Å². The van der Waals surface area contributed by atoms with E-state index in [-0.39, 0.29) is 11.3 Å². The Balaban J connectivity index is 2.66. The number of hydrogen-bond donors (Lipinski definition) is 1. The molecule has 0 aliphatic carbocycles. The van der Waals surface area contributed by atoms with Crippen molar-refractivity contribution in [3.05, 3.63) is 35.4 Å². The van der Waals surface area contributed by atoms with Crippen molar-refractivity contribution in [3.8, 4) is 0 Å². The van der Waals surface area contributed by atoms with E-state index in [4.69, 9.17) is 11.6 Å². The fourth-order valence-corrected chi connectivity index (χ4v) is 2.32. The van der Waals surface area contributed by atoms with Crippen molar-refractivity contribution in [3.63, 3.8) is 0 Å². The molecule has 0 atom stereocenters. The molecule has 3 heteroatoms. The third-order valence-corrected chi connectivity index (χ3v) is 3.33. The minimum Gasteiger partial charge on any atom is -0.351 e. The first kappa shape index (κ1) is 15.0. The van der Waals surface area contributed by atoms with Crippen LogP contribution in [0.3, 0.4) is 0 Å². The normalized spacial score (nSPS) is 11.3. The summed E-state index contributed by atoms with van der Waals surface area (Å²) in [4.78, 5) is 12.1. The average Bonchev–Trinajstić information content (AvgIpc) is 2.36. The highest BCUT2D eigenvalue weighted by atomic mass is 35.5. The fraction of sp³-hybridized carbons (Fsp3) is 0.533. The number of carbonyl (C=O) groups is 1. The SMILES string of the molecule is CCc1ccccc1C(=O)NCC(C)(C)CCCl. The van der Waals surface area contributed by atoms with Crippen molar-refractivity contribution in [1.29, 1.82) is 0 Å². The van der Waals surface area contributed by atoms with Crippen LogP contribution in [0.4, 0.5) is 0 Å². The van der Waals surface area contributed by atoms with Crippen LogP contribution in [0, 0.1) is 5.41 Å². The fourth-order valence-electron chi connectivity index (χ4n) is 1.81. The Morgan fingerprint density at radius 3 is 2.61 bits per heavy atom. The first-order chi connectivity index (χ1) is 8.50. The molecule has 0 unspecified atom stereocenters. The Morgan fingerprint density at radius 2 is 2.00 bits per heavy atom. The summed E-state index contributed by atoms with van der Waals surface area (Å²) in [6.45, 7) is 6.93. The summed E-state index contributed by atoms with van der Waals surface area (Å²) in [5.74, 6) is 0.629. The Labute approximate surface area is 115 Å². The van der Waals surface area contributed by atoms with Gasteiger partial charge in [0.1, 0.15) is 0 Å². The Kier molecular flexibility index (Phi) is 5.67. The Bertz CT molecular complexity index is 401. The van der Waals surface area contributed by atoms with Crippen molar-refractivity contribution in [1.82, 2.24) is 5.32 Å². The van der Waals surface area contributed by atoms with Crippen LogP contribution in [-0.2, 0) is 6.42 Å². The van der Waals surface area contributed by atoms with E-state index in [1.807, 2.05) is 24.3 Å². The molecule has 1 aromatic carbocycles. The van der Waals surface area contributed by atoms with Gasteiger partial charge in [0.15, 0.2) is 0 Å². The predicted molar refractivity (Wildman–Crippen MR) is 77.3 cm³/mol. The van der Waals surface area contributed by atoms with Crippen LogP contribution in [0.2, 0.25) is 0 Å². The molecule has 2 nitrogen and oxygen atoms in total. The van der Waals surface area contributed by atoms with Gasteiger partial charge in [0.25, 0.3) is 5.91 Å². The maximum Gasteiger partial charge on any atom is 0.251 e. The number of halogens is 1. The summed E-state index contributed by atoms with van der Waals surface area (Å²) in [5.41, 5.74) is 1.91. The van der Waals surface area contributed by atoms with E-state index < -0.39 is 0 Å². The standard InChI is InChI=1S/C15H22ClNO/c1-4-12-7-5-6-8-13(12)14(18)17-11-15(2,3)9-10-16/h5-8H,4,9-11H2,1-3H3,(H,17,18). The summed E-state index contributed by atoms with van der Waals surface area (Å²) < 4.78 is 0. The molecule has 0 aromatic heterocycles. The van der Waals surface area contributed by atoms with Crippen LogP contribution >= 0.6 is 11.6 Å². The number of nitrogens with one attached hydrogen (secondary N) is 1. The molecule has 0 saturated heterocycles. The molecule has 0 fully saturated rings. The monoisotopic (exact) mass is 267 g/mol. The van der Waals surface area contributed by atoms with Crippen molar-refractivity contribution in [2.75, 3.05) is 12.4 Å². The first-order valence-electron chi connectivity index (χ1n) is 6.42. The molecule has 18 heavy (non-hydrogen) atoms. The molecule has 1 N–H and O–H groups in total.